The quantitative estimate of drug-likeness (QED) is 0.213. The first kappa shape index (κ1) is 33.2. The van der Waals surface area contributed by atoms with Crippen LogP contribution in [0.4, 0.5) is 4.79 Å². The molecule has 0 bridgehead atoms. The summed E-state index contributed by atoms with van der Waals surface area (Å²) in [6.07, 6.45) is 8.34. The highest BCUT2D eigenvalue weighted by Crippen LogP contribution is 2.53. The zero-order valence-corrected chi connectivity index (χ0v) is 27.0. The molecule has 4 aliphatic rings. The molecule has 14 heteroatoms. The Morgan fingerprint density at radius 3 is 2.62 bits per heavy atom. The molecule has 5 rings (SSSR count). The van der Waals surface area contributed by atoms with Gasteiger partial charge < -0.3 is 21.1 Å². The zero-order valence-electron chi connectivity index (χ0n) is 25.5. The molecular formula is C31H42ClN5O7S. The van der Waals surface area contributed by atoms with E-state index in [4.69, 9.17) is 27.8 Å². The van der Waals surface area contributed by atoms with Crippen molar-refractivity contribution in [3.8, 4) is 0 Å². The number of hydrogen-bond acceptors (Lipinski definition) is 8. The molecule has 2 heterocycles. The SMILES string of the molecule is C[C@]1(C(=O)NS(=O)(=O)C2CC2)C[C@H]1C=CCCCCC[C@H](N)C(=O)N1C[C@H](OC(=O)N2Cc3cccc(Cl)c3C2)C[C@H]1C(N)=O. The number of nitrogens with zero attached hydrogens (tertiary/aromatic N) is 2. The summed E-state index contributed by atoms with van der Waals surface area (Å²) >= 11 is 6.26. The van der Waals surface area contributed by atoms with E-state index < -0.39 is 62.7 Å². The predicted octanol–water partition coefficient (Wildman–Crippen LogP) is 2.72. The van der Waals surface area contributed by atoms with Crippen LogP contribution in [0.15, 0.2) is 30.4 Å². The molecule has 2 aliphatic carbocycles. The van der Waals surface area contributed by atoms with Gasteiger partial charge in [0, 0.05) is 18.0 Å². The molecule has 2 aliphatic heterocycles. The summed E-state index contributed by atoms with van der Waals surface area (Å²) in [6, 6.07) is 3.79. The maximum absolute atomic E-state index is 13.2. The topological polar surface area (TPSA) is 182 Å². The third kappa shape index (κ3) is 7.63. The fraction of sp³-hybridized carbons (Fsp3) is 0.613. The van der Waals surface area contributed by atoms with Crippen LogP contribution in [0, 0.1) is 11.3 Å². The van der Waals surface area contributed by atoms with Crippen LogP contribution in [0.1, 0.15) is 75.8 Å². The van der Waals surface area contributed by atoms with Crippen LogP contribution < -0.4 is 16.2 Å². The average Bonchev–Trinajstić information content (AvgIpc) is 3.86. The Morgan fingerprint density at radius 2 is 1.93 bits per heavy atom. The van der Waals surface area contributed by atoms with Crippen molar-refractivity contribution in [2.24, 2.45) is 22.8 Å². The zero-order chi connectivity index (χ0) is 32.5. The lowest BCUT2D eigenvalue weighted by Crippen LogP contribution is -2.50. The molecule has 1 aromatic rings. The summed E-state index contributed by atoms with van der Waals surface area (Å²) < 4.78 is 32.1. The number of ether oxygens (including phenoxy) is 1. The van der Waals surface area contributed by atoms with E-state index in [0.717, 1.165) is 30.4 Å². The Morgan fingerprint density at radius 1 is 1.18 bits per heavy atom. The molecule has 5 N–H and O–H groups in total. The Balaban J connectivity index is 1.00. The summed E-state index contributed by atoms with van der Waals surface area (Å²) in [5.74, 6) is -1.47. The lowest BCUT2D eigenvalue weighted by molar-refractivity contribution is -0.138. The molecule has 3 fully saturated rings. The standard InChI is InChI=1S/C31H42ClN5O7S/c1-31(29(40)35-45(42,43)22-12-13-22)15-20(31)9-5-3-2-4-6-11-25(33)28(39)37-17-21(14-26(37)27(34)38)44-30(41)36-16-19-8-7-10-24(32)23(19)18-36/h5,7-10,20-22,25-26H,2-4,6,11-18,33H2,1H3,(H2,34,38)(H,35,40)/t20-,21-,25+,26+,31+/m1/s1. The molecule has 0 unspecified atom stereocenters. The van der Waals surface area contributed by atoms with Crippen LogP contribution in [0.3, 0.4) is 0 Å². The number of likely N-dealkylation sites (tertiary alicyclic amines) is 1. The number of carbonyl (C=O) groups is 4. The molecule has 1 aromatic carbocycles. The van der Waals surface area contributed by atoms with Crippen molar-refractivity contribution in [1.29, 1.82) is 0 Å². The first-order valence-corrected chi connectivity index (χ1v) is 17.5. The van der Waals surface area contributed by atoms with Crippen LogP contribution in [-0.4, -0.2) is 72.0 Å². The maximum Gasteiger partial charge on any atom is 0.410 e. The van der Waals surface area contributed by atoms with Gasteiger partial charge in [-0.1, -0.05) is 55.7 Å². The minimum atomic E-state index is -3.54. The smallest absolute Gasteiger partial charge is 0.410 e. The van der Waals surface area contributed by atoms with Crippen molar-refractivity contribution < 1.29 is 32.3 Å². The Bertz CT molecular complexity index is 1480. The van der Waals surface area contributed by atoms with Crippen molar-refractivity contribution in [2.75, 3.05) is 6.54 Å². The summed E-state index contributed by atoms with van der Waals surface area (Å²) in [4.78, 5) is 53.5. The fourth-order valence-corrected chi connectivity index (χ4v) is 7.84. The molecule has 246 valence electrons. The highest BCUT2D eigenvalue weighted by atomic mass is 35.5. The molecule has 1 saturated heterocycles. The van der Waals surface area contributed by atoms with Crippen LogP contribution in [0.25, 0.3) is 0 Å². The lowest BCUT2D eigenvalue weighted by Gasteiger charge is -2.25. The van der Waals surface area contributed by atoms with Crippen LogP contribution in [-0.2, 0) is 42.2 Å². The Hall–Kier alpha value is -3.16. The van der Waals surface area contributed by atoms with Gasteiger partial charge in [-0.25, -0.2) is 13.2 Å². The summed E-state index contributed by atoms with van der Waals surface area (Å²) in [5.41, 5.74) is 13.0. The molecule has 2 saturated carbocycles. The molecule has 4 amide bonds. The predicted molar refractivity (Wildman–Crippen MR) is 167 cm³/mol. The first-order chi connectivity index (χ1) is 21.3. The van der Waals surface area contributed by atoms with E-state index in [1.54, 1.807) is 13.0 Å². The number of sulfonamides is 1. The molecule has 45 heavy (non-hydrogen) atoms. The van der Waals surface area contributed by atoms with Gasteiger partial charge in [0.25, 0.3) is 0 Å². The van der Waals surface area contributed by atoms with E-state index in [-0.39, 0.29) is 18.9 Å². The Kier molecular flexibility index (Phi) is 9.81. The van der Waals surface area contributed by atoms with Gasteiger partial charge in [-0.3, -0.25) is 24.0 Å². The number of unbranched alkanes of at least 4 members (excludes halogenated alkanes) is 3. The Labute approximate surface area is 268 Å². The second-order valence-corrected chi connectivity index (χ2v) is 15.3. The first-order valence-electron chi connectivity index (χ1n) is 15.6. The number of nitrogens with two attached hydrogens (primary N) is 2. The van der Waals surface area contributed by atoms with Gasteiger partial charge in [0.05, 0.1) is 29.8 Å². The second kappa shape index (κ2) is 13.3. The highest BCUT2D eigenvalue weighted by molar-refractivity contribution is 7.90. The molecule has 12 nitrogen and oxygen atoms in total. The van der Waals surface area contributed by atoms with E-state index in [9.17, 15) is 27.6 Å². The lowest BCUT2D eigenvalue weighted by atomic mass is 10.0. The van der Waals surface area contributed by atoms with Crippen LogP contribution in [0.5, 0.6) is 0 Å². The van der Waals surface area contributed by atoms with Crippen molar-refractivity contribution in [1.82, 2.24) is 14.5 Å². The van der Waals surface area contributed by atoms with Gasteiger partial charge in [0.15, 0.2) is 0 Å². The van der Waals surface area contributed by atoms with Gasteiger partial charge in [-0.2, -0.15) is 0 Å². The van der Waals surface area contributed by atoms with Crippen molar-refractivity contribution in [3.63, 3.8) is 0 Å². The van der Waals surface area contributed by atoms with Crippen LogP contribution >= 0.6 is 11.6 Å². The van der Waals surface area contributed by atoms with Gasteiger partial charge in [0.2, 0.25) is 27.7 Å². The number of rotatable bonds is 13. The molecule has 5 atom stereocenters. The maximum atomic E-state index is 13.2. The van der Waals surface area contributed by atoms with E-state index >= 15 is 0 Å². The number of allylic oxidation sites excluding steroid dienone is 2. The average molecular weight is 664 g/mol. The summed E-state index contributed by atoms with van der Waals surface area (Å²) in [6.45, 7) is 2.53. The molecule has 0 radical (unpaired) electrons. The molecular weight excluding hydrogens is 622 g/mol. The van der Waals surface area contributed by atoms with Gasteiger partial charge in [-0.15, -0.1) is 0 Å². The number of primary amides is 1. The number of carbonyl (C=O) groups excluding carboxylic acids is 4. The van der Waals surface area contributed by atoms with Crippen molar-refractivity contribution in [3.05, 3.63) is 46.5 Å². The number of hydrogen-bond donors (Lipinski definition) is 3. The number of nitrogens with one attached hydrogen (secondary N) is 1. The van der Waals surface area contributed by atoms with E-state index in [2.05, 4.69) is 4.72 Å². The van der Waals surface area contributed by atoms with Crippen molar-refractivity contribution in [2.45, 2.75) is 101 Å². The fourth-order valence-electron chi connectivity index (χ4n) is 6.17. The molecule has 0 spiro atoms. The summed E-state index contributed by atoms with van der Waals surface area (Å²) in [5, 5.41) is 0.162. The normalized spacial score (nSPS) is 26.5. The van der Waals surface area contributed by atoms with Crippen LogP contribution in [0.2, 0.25) is 5.02 Å². The molecule has 0 aromatic heterocycles. The van der Waals surface area contributed by atoms with Gasteiger partial charge >= 0.3 is 6.09 Å². The number of amides is 4. The minimum absolute atomic E-state index is 0.0184. The third-order valence-corrected chi connectivity index (χ3v) is 11.6. The number of halogens is 1. The van der Waals surface area contributed by atoms with E-state index in [1.807, 2.05) is 24.3 Å². The largest absolute Gasteiger partial charge is 0.444 e. The van der Waals surface area contributed by atoms with Gasteiger partial charge in [0.1, 0.15) is 12.1 Å². The minimum Gasteiger partial charge on any atom is -0.444 e. The van der Waals surface area contributed by atoms with E-state index in [0.29, 0.717) is 50.2 Å². The summed E-state index contributed by atoms with van der Waals surface area (Å²) in [7, 11) is -3.54. The second-order valence-electron chi connectivity index (χ2n) is 13.0. The van der Waals surface area contributed by atoms with Gasteiger partial charge in [-0.05, 0) is 61.6 Å². The monoisotopic (exact) mass is 663 g/mol. The third-order valence-electron chi connectivity index (χ3n) is 9.42. The van der Waals surface area contributed by atoms with Crippen molar-refractivity contribution >= 4 is 45.4 Å². The highest BCUT2D eigenvalue weighted by Gasteiger charge is 2.56. The van der Waals surface area contributed by atoms with E-state index in [1.165, 1.54) is 9.80 Å². The number of benzene rings is 1. The number of fused-ring (bicyclic) bond motifs is 1.